The topological polar surface area (TPSA) is 139 Å². The highest BCUT2D eigenvalue weighted by Crippen LogP contribution is 2.55. The second kappa shape index (κ2) is 13.9. The van der Waals surface area contributed by atoms with Gasteiger partial charge in [-0.3, -0.25) is 0 Å². The van der Waals surface area contributed by atoms with Crippen LogP contribution in [0.3, 0.4) is 0 Å². The summed E-state index contributed by atoms with van der Waals surface area (Å²) >= 11 is 0. The van der Waals surface area contributed by atoms with Crippen LogP contribution in [0.15, 0.2) is 46.9 Å². The fourth-order valence-electron chi connectivity index (χ4n) is 6.72. The fourth-order valence-corrected chi connectivity index (χ4v) is 6.72. The Hall–Kier alpha value is -5.76. The number of fused-ring (bicyclic) bond motifs is 5. The van der Waals surface area contributed by atoms with Crippen LogP contribution >= 0.6 is 0 Å². The van der Waals surface area contributed by atoms with Gasteiger partial charge < -0.3 is 42.6 Å². The molecule has 1 aliphatic heterocycles. The van der Waals surface area contributed by atoms with E-state index in [2.05, 4.69) is 0 Å². The highest BCUT2D eigenvalue weighted by molar-refractivity contribution is 6.16. The zero-order chi connectivity index (χ0) is 36.6. The van der Waals surface area contributed by atoms with Crippen molar-refractivity contribution in [2.45, 2.75) is 20.0 Å². The zero-order valence-electron chi connectivity index (χ0n) is 30.5. The van der Waals surface area contributed by atoms with Crippen LogP contribution in [0.5, 0.6) is 34.5 Å². The second-order valence-corrected chi connectivity index (χ2v) is 11.8. The van der Waals surface area contributed by atoms with E-state index in [1.807, 2.05) is 56.3 Å². The van der Waals surface area contributed by atoms with Crippen LogP contribution in [0.4, 0.5) is 5.82 Å². The number of aromatic nitrogens is 4. The summed E-state index contributed by atoms with van der Waals surface area (Å²) in [6, 6.07) is 7.42. The first-order valence-corrected chi connectivity index (χ1v) is 15.9. The molecule has 2 aromatic heterocycles. The summed E-state index contributed by atoms with van der Waals surface area (Å²) < 4.78 is 53.1. The molecule has 268 valence electrons. The Bertz CT molecular complexity index is 2080. The number of aryl methyl sites for hydroxylation is 1. The van der Waals surface area contributed by atoms with Crippen LogP contribution in [0, 0.1) is 12.3 Å². The van der Waals surface area contributed by atoms with Gasteiger partial charge in [-0.15, -0.1) is 0 Å². The quantitative estimate of drug-likeness (QED) is 0.179. The number of aliphatic imine (C=N–C) groups is 1. The molecule has 2 aromatic carbocycles. The summed E-state index contributed by atoms with van der Waals surface area (Å²) in [4.78, 5) is 15.2. The molecule has 6 rings (SSSR count). The van der Waals surface area contributed by atoms with E-state index in [4.69, 9.17) is 62.7 Å². The van der Waals surface area contributed by atoms with Crippen molar-refractivity contribution in [3.8, 4) is 34.5 Å². The van der Waals surface area contributed by atoms with Gasteiger partial charge in [-0.05, 0) is 55.8 Å². The molecule has 0 saturated heterocycles. The molecule has 2 unspecified atom stereocenters. The largest absolute Gasteiger partial charge is 0.494 e. The number of benzene rings is 2. The molecule has 14 heteroatoms. The molecule has 0 spiro atoms. The molecule has 2 aliphatic rings. The van der Waals surface area contributed by atoms with Crippen LogP contribution in [0.2, 0.25) is 0 Å². The number of ether oxygens (including phenoxy) is 9. The smallest absolute Gasteiger partial charge is 0.253 e. The fraction of sp³-hybridized carbons (Fsp3) is 0.351. The summed E-state index contributed by atoms with van der Waals surface area (Å²) in [5, 5.41) is 4.92. The Morgan fingerprint density at radius 3 is 1.80 bits per heavy atom. The second-order valence-electron chi connectivity index (χ2n) is 11.8. The Labute approximate surface area is 295 Å². The first kappa shape index (κ1) is 35.1. The van der Waals surface area contributed by atoms with Crippen molar-refractivity contribution < 1.29 is 42.6 Å². The van der Waals surface area contributed by atoms with Gasteiger partial charge in [0.25, 0.3) is 5.78 Å². The van der Waals surface area contributed by atoms with Crippen molar-refractivity contribution in [2.24, 2.45) is 10.4 Å². The number of nitrogens with zero attached hydrogens (tertiary/aromatic N) is 5. The minimum Gasteiger partial charge on any atom is -0.494 e. The molecule has 3 heterocycles. The molecule has 0 fully saturated rings. The Balaban J connectivity index is 1.58. The molecular weight excluding hydrogens is 658 g/mol. The van der Waals surface area contributed by atoms with Gasteiger partial charge in [0.2, 0.25) is 11.5 Å². The number of methoxy groups -OCH3 is 9. The van der Waals surface area contributed by atoms with E-state index in [1.54, 1.807) is 68.5 Å². The Kier molecular flexibility index (Phi) is 9.54. The average molecular weight is 700 g/mol. The third-order valence-corrected chi connectivity index (χ3v) is 9.19. The summed E-state index contributed by atoms with van der Waals surface area (Å²) in [5.41, 5.74) is 3.82. The maximum Gasteiger partial charge on any atom is 0.253 e. The lowest BCUT2D eigenvalue weighted by Gasteiger charge is -2.44. The summed E-state index contributed by atoms with van der Waals surface area (Å²) in [7, 11) is 14.2. The van der Waals surface area contributed by atoms with Crippen molar-refractivity contribution in [2.75, 3.05) is 64.0 Å². The van der Waals surface area contributed by atoms with E-state index in [-0.39, 0.29) is 0 Å². The van der Waals surface area contributed by atoms with Crippen molar-refractivity contribution in [3.63, 3.8) is 0 Å². The number of hydrogen-bond acceptors (Lipinski definition) is 13. The summed E-state index contributed by atoms with van der Waals surface area (Å²) in [5.74, 6) is 4.81. The van der Waals surface area contributed by atoms with E-state index in [1.165, 1.54) is 0 Å². The molecule has 0 saturated carbocycles. The summed E-state index contributed by atoms with van der Waals surface area (Å²) in [6.07, 6.45) is 5.01. The Morgan fingerprint density at radius 1 is 0.706 bits per heavy atom. The molecular formula is C37H41N5O9. The number of hydrogen-bond donors (Lipinski definition) is 0. The van der Waals surface area contributed by atoms with E-state index < -0.39 is 11.5 Å². The van der Waals surface area contributed by atoms with Crippen molar-refractivity contribution >= 4 is 35.0 Å². The highest BCUT2D eigenvalue weighted by atomic mass is 16.5. The van der Waals surface area contributed by atoms with Crippen molar-refractivity contribution in [1.29, 1.82) is 0 Å². The van der Waals surface area contributed by atoms with Crippen LogP contribution in [-0.4, -0.2) is 95.4 Å². The normalized spacial score (nSPS) is 18.1. The highest BCUT2D eigenvalue weighted by Gasteiger charge is 2.53. The monoisotopic (exact) mass is 699 g/mol. The SMILES string of the molecule is COC1=C(OC)C(OC)C2(C)C(=C1)c1nc3nc(/C=C/c4cc(OC)c(OC)c(OC)c4)c(C)nn3c1N=C2c1cc(OC)c(OC)c(OC)c1. The van der Waals surface area contributed by atoms with Gasteiger partial charge in [-0.25, -0.2) is 15.0 Å². The lowest BCUT2D eigenvalue weighted by Crippen LogP contribution is -2.47. The van der Waals surface area contributed by atoms with Gasteiger partial charge in [0.15, 0.2) is 40.3 Å². The maximum absolute atomic E-state index is 6.19. The van der Waals surface area contributed by atoms with Gasteiger partial charge in [-0.2, -0.15) is 9.61 Å². The van der Waals surface area contributed by atoms with E-state index in [9.17, 15) is 0 Å². The lowest BCUT2D eigenvalue weighted by molar-refractivity contribution is 0.0291. The van der Waals surface area contributed by atoms with Crippen LogP contribution in [0.1, 0.15) is 35.1 Å². The van der Waals surface area contributed by atoms with Gasteiger partial charge in [0.05, 0.1) is 79.4 Å². The van der Waals surface area contributed by atoms with Gasteiger partial charge in [-0.1, -0.05) is 6.08 Å². The van der Waals surface area contributed by atoms with Gasteiger partial charge in [0.1, 0.15) is 11.8 Å². The van der Waals surface area contributed by atoms with Gasteiger partial charge in [0, 0.05) is 18.2 Å². The number of imidazole rings is 1. The average Bonchev–Trinajstić information content (AvgIpc) is 3.50. The van der Waals surface area contributed by atoms with Crippen LogP contribution in [-0.2, 0) is 14.2 Å². The Morgan fingerprint density at radius 2 is 1.29 bits per heavy atom. The molecule has 14 nitrogen and oxygen atoms in total. The number of allylic oxidation sites excluding steroid dienone is 1. The zero-order valence-corrected chi connectivity index (χ0v) is 30.5. The van der Waals surface area contributed by atoms with Gasteiger partial charge >= 0.3 is 0 Å². The molecule has 0 bridgehead atoms. The van der Waals surface area contributed by atoms with Crippen molar-refractivity contribution in [1.82, 2.24) is 19.6 Å². The third kappa shape index (κ3) is 5.55. The predicted octanol–water partition coefficient (Wildman–Crippen LogP) is 5.71. The van der Waals surface area contributed by atoms with Crippen molar-refractivity contribution in [3.05, 3.63) is 70.1 Å². The van der Waals surface area contributed by atoms with E-state index in [0.717, 1.165) is 11.1 Å². The lowest BCUT2D eigenvalue weighted by atomic mass is 9.65. The minimum atomic E-state index is -0.943. The predicted molar refractivity (Wildman–Crippen MR) is 191 cm³/mol. The third-order valence-electron chi connectivity index (χ3n) is 9.19. The van der Waals surface area contributed by atoms with Crippen LogP contribution in [0.25, 0.3) is 23.5 Å². The van der Waals surface area contributed by atoms with Crippen LogP contribution < -0.4 is 28.4 Å². The summed E-state index contributed by atoms with van der Waals surface area (Å²) in [6.45, 7) is 3.91. The molecule has 2 atom stereocenters. The van der Waals surface area contributed by atoms with E-state index >= 15 is 0 Å². The number of rotatable bonds is 12. The first-order valence-electron chi connectivity index (χ1n) is 15.9. The molecule has 1 aliphatic carbocycles. The molecule has 0 amide bonds. The molecule has 0 N–H and O–H groups in total. The van der Waals surface area contributed by atoms with E-state index in [0.29, 0.717) is 86.0 Å². The first-order chi connectivity index (χ1) is 24.6. The molecule has 51 heavy (non-hydrogen) atoms. The maximum atomic E-state index is 6.19. The molecule has 0 radical (unpaired) electrons. The molecule has 4 aromatic rings. The standard InChI is InChI=1S/C37H41N5O9/c1-19-23(13-12-20-14-24(43-3)30(48-8)25(15-20)44-4)38-36-39-29-22-18-28(47-7)32(50-10)34(51-11)37(22,2)33(40-35(29)42(36)41-19)21-16-26(45-5)31(49-9)27(17-21)46-6/h12-18,34H,1-11H3/b13-12+. The minimum absolute atomic E-state index is 0.350.